The van der Waals surface area contributed by atoms with Crippen molar-refractivity contribution in [2.45, 2.75) is 58.4 Å². The largest absolute Gasteiger partial charge is 0.315 e. The van der Waals surface area contributed by atoms with E-state index in [-0.39, 0.29) is 5.92 Å². The number of carbonyl (C=O) groups is 3. The summed E-state index contributed by atoms with van der Waals surface area (Å²) in [6, 6.07) is 7.99. The number of amides is 3. The van der Waals surface area contributed by atoms with Crippen molar-refractivity contribution >= 4 is 34.1 Å². The highest BCUT2D eigenvalue weighted by molar-refractivity contribution is 7.16. The number of thiophene rings is 1. The van der Waals surface area contributed by atoms with Gasteiger partial charge in [-0.15, -0.1) is 11.3 Å². The van der Waals surface area contributed by atoms with Gasteiger partial charge in [-0.1, -0.05) is 38.8 Å². The molecule has 2 atom stereocenters. The van der Waals surface area contributed by atoms with Gasteiger partial charge in [-0.25, -0.2) is 0 Å². The van der Waals surface area contributed by atoms with Crippen molar-refractivity contribution in [1.29, 1.82) is 5.26 Å². The summed E-state index contributed by atoms with van der Waals surface area (Å²) in [7, 11) is 0. The number of fused-ring (bicyclic) bond motifs is 2. The van der Waals surface area contributed by atoms with E-state index < -0.39 is 23.8 Å². The first-order valence-electron chi connectivity index (χ1n) is 10.8. The number of nitriles is 1. The Balaban J connectivity index is 1.67. The Morgan fingerprint density at radius 1 is 1.16 bits per heavy atom. The molecule has 0 spiro atoms. The van der Waals surface area contributed by atoms with Gasteiger partial charge in [-0.3, -0.25) is 19.3 Å². The summed E-state index contributed by atoms with van der Waals surface area (Å²) in [6.45, 7) is 3.79. The maximum Gasteiger partial charge on any atom is 0.262 e. The maximum atomic E-state index is 13.4. The highest BCUT2D eigenvalue weighted by Crippen LogP contribution is 2.38. The number of hydrogen-bond donors (Lipinski definition) is 1. The minimum Gasteiger partial charge on any atom is -0.315 e. The molecule has 1 aromatic carbocycles. The molecule has 0 bridgehead atoms. The highest BCUT2D eigenvalue weighted by Gasteiger charge is 2.44. The monoisotopic (exact) mass is 435 g/mol. The molecule has 6 nitrogen and oxygen atoms in total. The minimum absolute atomic E-state index is 0.231. The molecule has 4 rings (SSSR count). The van der Waals surface area contributed by atoms with Crippen LogP contribution < -0.4 is 5.32 Å². The van der Waals surface area contributed by atoms with Crippen LogP contribution in [0.15, 0.2) is 24.3 Å². The van der Waals surface area contributed by atoms with Gasteiger partial charge < -0.3 is 5.32 Å². The van der Waals surface area contributed by atoms with E-state index in [2.05, 4.69) is 11.4 Å². The zero-order valence-electron chi connectivity index (χ0n) is 17.7. The van der Waals surface area contributed by atoms with E-state index in [1.54, 1.807) is 24.3 Å². The highest BCUT2D eigenvalue weighted by atomic mass is 32.1. The molecular weight excluding hydrogens is 410 g/mol. The Bertz CT molecular complexity index is 1060. The lowest BCUT2D eigenvalue weighted by molar-refractivity contribution is -0.121. The average Bonchev–Trinajstić information content (AvgIpc) is 3.10. The van der Waals surface area contributed by atoms with Gasteiger partial charge in [0.2, 0.25) is 5.91 Å². The maximum absolute atomic E-state index is 13.4. The Labute approximate surface area is 185 Å². The van der Waals surface area contributed by atoms with Crippen LogP contribution in [0.3, 0.4) is 0 Å². The summed E-state index contributed by atoms with van der Waals surface area (Å²) in [5, 5.41) is 13.2. The lowest BCUT2D eigenvalue weighted by Crippen LogP contribution is -2.50. The second kappa shape index (κ2) is 8.64. The number of anilines is 1. The van der Waals surface area contributed by atoms with Gasteiger partial charge in [0.25, 0.3) is 11.8 Å². The third kappa shape index (κ3) is 3.66. The quantitative estimate of drug-likeness (QED) is 0.551. The molecule has 0 fully saturated rings. The summed E-state index contributed by atoms with van der Waals surface area (Å²) >= 11 is 1.45. The van der Waals surface area contributed by atoms with E-state index in [1.807, 2.05) is 13.8 Å². The standard InChI is InChI=1S/C24H25N3O3S/c1-3-14(2)20(27-23(29)16-10-7-8-11-17(16)24(27)30)21(28)26-22-18(13-25)15-9-5-4-6-12-19(15)31-22/h7-8,10-11,14,20H,3-6,9,12H2,1-2H3,(H,26,28)/t14-,20-/m1/s1. The second-order valence-corrected chi connectivity index (χ2v) is 9.33. The van der Waals surface area contributed by atoms with E-state index in [4.69, 9.17) is 0 Å². The Morgan fingerprint density at radius 3 is 2.42 bits per heavy atom. The smallest absolute Gasteiger partial charge is 0.262 e. The van der Waals surface area contributed by atoms with Crippen molar-refractivity contribution in [2.24, 2.45) is 5.92 Å². The van der Waals surface area contributed by atoms with Crippen molar-refractivity contribution in [3.05, 3.63) is 51.4 Å². The third-order valence-electron chi connectivity index (χ3n) is 6.33. The molecule has 2 heterocycles. The predicted octanol–water partition coefficient (Wildman–Crippen LogP) is 4.54. The van der Waals surface area contributed by atoms with Crippen molar-refractivity contribution in [3.63, 3.8) is 0 Å². The number of nitrogens with one attached hydrogen (secondary N) is 1. The number of nitrogens with zero attached hydrogens (tertiary/aromatic N) is 2. The van der Waals surface area contributed by atoms with Crippen LogP contribution in [0.25, 0.3) is 0 Å². The van der Waals surface area contributed by atoms with E-state index in [9.17, 15) is 19.6 Å². The molecule has 0 radical (unpaired) electrons. The van der Waals surface area contributed by atoms with Crippen LogP contribution in [0.2, 0.25) is 0 Å². The molecule has 3 amide bonds. The fraction of sp³-hybridized carbons (Fsp3) is 0.417. The number of benzene rings is 1. The number of aryl methyl sites for hydroxylation is 1. The Kier molecular flexibility index (Phi) is 5.92. The van der Waals surface area contributed by atoms with E-state index in [1.165, 1.54) is 11.3 Å². The van der Waals surface area contributed by atoms with Crippen LogP contribution in [-0.2, 0) is 17.6 Å². The summed E-state index contributed by atoms with van der Waals surface area (Å²) in [4.78, 5) is 41.7. The normalized spacial score (nSPS) is 17.4. The van der Waals surface area contributed by atoms with Gasteiger partial charge in [-0.2, -0.15) is 5.26 Å². The predicted molar refractivity (Wildman–Crippen MR) is 119 cm³/mol. The fourth-order valence-electron chi connectivity index (χ4n) is 4.45. The van der Waals surface area contributed by atoms with Gasteiger partial charge >= 0.3 is 0 Å². The molecular formula is C24H25N3O3S. The molecule has 2 aromatic rings. The molecule has 1 N–H and O–H groups in total. The molecule has 0 unspecified atom stereocenters. The number of rotatable bonds is 5. The average molecular weight is 436 g/mol. The Morgan fingerprint density at radius 2 is 1.81 bits per heavy atom. The van der Waals surface area contributed by atoms with Crippen molar-refractivity contribution in [3.8, 4) is 6.07 Å². The first-order chi connectivity index (χ1) is 15.0. The molecule has 1 aliphatic carbocycles. The summed E-state index contributed by atoms with van der Waals surface area (Å²) < 4.78 is 0. The van der Waals surface area contributed by atoms with Crippen molar-refractivity contribution < 1.29 is 14.4 Å². The Hall–Kier alpha value is -2.98. The van der Waals surface area contributed by atoms with Crippen LogP contribution in [-0.4, -0.2) is 28.7 Å². The first-order valence-corrected chi connectivity index (χ1v) is 11.6. The lowest BCUT2D eigenvalue weighted by Gasteiger charge is -2.29. The molecule has 2 aliphatic rings. The van der Waals surface area contributed by atoms with E-state index in [0.29, 0.717) is 28.1 Å². The molecule has 1 aliphatic heterocycles. The van der Waals surface area contributed by atoms with E-state index >= 15 is 0 Å². The molecule has 1 aromatic heterocycles. The SMILES string of the molecule is CC[C@@H](C)[C@H](C(=O)Nc1sc2c(c1C#N)CCCCC2)N1C(=O)c2ccccc2C1=O. The van der Waals surface area contributed by atoms with Crippen molar-refractivity contribution in [1.82, 2.24) is 4.90 Å². The zero-order valence-corrected chi connectivity index (χ0v) is 18.6. The second-order valence-electron chi connectivity index (χ2n) is 8.23. The first kappa shape index (κ1) is 21.3. The van der Waals surface area contributed by atoms with Gasteiger partial charge in [0.1, 0.15) is 17.1 Å². The van der Waals surface area contributed by atoms with Gasteiger partial charge in [0, 0.05) is 4.88 Å². The lowest BCUT2D eigenvalue weighted by atomic mass is 9.96. The number of hydrogen-bond acceptors (Lipinski definition) is 5. The summed E-state index contributed by atoms with van der Waals surface area (Å²) in [6.07, 6.45) is 5.64. The molecule has 160 valence electrons. The third-order valence-corrected chi connectivity index (χ3v) is 7.53. The topological polar surface area (TPSA) is 90.3 Å². The van der Waals surface area contributed by atoms with Gasteiger partial charge in [-0.05, 0) is 49.3 Å². The fourth-order valence-corrected chi connectivity index (χ4v) is 5.69. The van der Waals surface area contributed by atoms with E-state index in [0.717, 1.165) is 47.4 Å². The summed E-state index contributed by atoms with van der Waals surface area (Å²) in [5.74, 6) is -1.53. The molecule has 7 heteroatoms. The van der Waals surface area contributed by atoms with Crippen LogP contribution >= 0.6 is 11.3 Å². The minimum atomic E-state index is -0.939. The van der Waals surface area contributed by atoms with Crippen LogP contribution in [0.1, 0.15) is 76.3 Å². The molecule has 0 saturated carbocycles. The van der Waals surface area contributed by atoms with Crippen LogP contribution in [0.5, 0.6) is 0 Å². The van der Waals surface area contributed by atoms with Gasteiger partial charge in [0.15, 0.2) is 0 Å². The molecule has 0 saturated heterocycles. The van der Waals surface area contributed by atoms with Crippen LogP contribution in [0, 0.1) is 17.2 Å². The number of carbonyl (C=O) groups excluding carboxylic acids is 3. The van der Waals surface area contributed by atoms with Gasteiger partial charge in [0.05, 0.1) is 16.7 Å². The molecule has 31 heavy (non-hydrogen) atoms. The zero-order chi connectivity index (χ0) is 22.1. The summed E-state index contributed by atoms with van der Waals surface area (Å²) in [5.41, 5.74) is 2.23. The van der Waals surface area contributed by atoms with Crippen molar-refractivity contribution in [2.75, 3.05) is 5.32 Å². The van der Waals surface area contributed by atoms with Crippen LogP contribution in [0.4, 0.5) is 5.00 Å². The number of imide groups is 1.